The van der Waals surface area contributed by atoms with Crippen LogP contribution in [-0.4, -0.2) is 13.7 Å². The molecule has 0 heterocycles. The van der Waals surface area contributed by atoms with Gasteiger partial charge in [-0.25, -0.2) is 0 Å². The van der Waals surface area contributed by atoms with E-state index in [0.29, 0.717) is 0 Å². The fraction of sp³-hybridized carbons (Fsp3) is 0.294. The summed E-state index contributed by atoms with van der Waals surface area (Å²) in [6.07, 6.45) is 2.17. The van der Waals surface area contributed by atoms with Crippen LogP contribution in [0.4, 0.5) is 0 Å². The first-order chi connectivity index (χ1) is 9.77. The van der Waals surface area contributed by atoms with Gasteiger partial charge in [-0.3, -0.25) is 0 Å². The molecule has 0 N–H and O–H groups in total. The van der Waals surface area contributed by atoms with Crippen molar-refractivity contribution in [3.63, 3.8) is 0 Å². The highest BCUT2D eigenvalue weighted by Crippen LogP contribution is 2.40. The molecule has 0 amide bonds. The lowest BCUT2D eigenvalue weighted by Crippen LogP contribution is -1.99. The number of rotatable bonds is 6. The molecule has 0 aliphatic heterocycles. The maximum absolute atomic E-state index is 5.96. The Balaban J connectivity index is 2.42. The number of hydrogen-bond donors (Lipinski definition) is 0. The van der Waals surface area contributed by atoms with Crippen molar-refractivity contribution in [1.29, 1.82) is 0 Å². The van der Waals surface area contributed by atoms with Gasteiger partial charge in [-0.15, -0.1) is 0 Å². The van der Waals surface area contributed by atoms with E-state index in [9.17, 15) is 0 Å². The minimum absolute atomic E-state index is 0.723. The molecule has 3 heteroatoms. The third kappa shape index (κ3) is 3.34. The van der Waals surface area contributed by atoms with Crippen molar-refractivity contribution >= 4 is 15.9 Å². The van der Waals surface area contributed by atoms with Crippen molar-refractivity contribution in [3.05, 3.63) is 46.9 Å². The lowest BCUT2D eigenvalue weighted by Gasteiger charge is -2.15. The summed E-state index contributed by atoms with van der Waals surface area (Å²) in [4.78, 5) is 0. The minimum atomic E-state index is 0.723. The second kappa shape index (κ2) is 7.34. The normalized spacial score (nSPS) is 10.3. The zero-order valence-electron chi connectivity index (χ0n) is 11.9. The van der Waals surface area contributed by atoms with E-state index in [-0.39, 0.29) is 0 Å². The third-order valence-corrected chi connectivity index (χ3v) is 3.73. The molecule has 0 aliphatic rings. The van der Waals surface area contributed by atoms with Crippen molar-refractivity contribution in [2.75, 3.05) is 13.7 Å². The largest absolute Gasteiger partial charge is 0.496 e. The van der Waals surface area contributed by atoms with Gasteiger partial charge in [0.25, 0.3) is 0 Å². The Morgan fingerprint density at radius 1 is 1.00 bits per heavy atom. The van der Waals surface area contributed by atoms with Crippen molar-refractivity contribution in [3.8, 4) is 22.6 Å². The monoisotopic (exact) mass is 334 g/mol. The molecule has 0 aromatic heterocycles. The third-order valence-electron chi connectivity index (χ3n) is 3.11. The van der Waals surface area contributed by atoms with E-state index in [1.54, 1.807) is 7.11 Å². The Bertz CT molecular complexity index is 567. The first-order valence-corrected chi connectivity index (χ1v) is 7.62. The molecule has 0 bridgehead atoms. The Morgan fingerprint density at radius 2 is 1.75 bits per heavy atom. The van der Waals surface area contributed by atoms with Gasteiger partial charge in [0.1, 0.15) is 11.5 Å². The highest BCUT2D eigenvalue weighted by Gasteiger charge is 2.13. The lowest BCUT2D eigenvalue weighted by molar-refractivity contribution is 0.308. The van der Waals surface area contributed by atoms with Crippen LogP contribution in [0.15, 0.2) is 46.9 Å². The molecule has 2 aromatic carbocycles. The molecular weight excluding hydrogens is 316 g/mol. The summed E-state index contributed by atoms with van der Waals surface area (Å²) in [6.45, 7) is 2.88. The fourth-order valence-corrected chi connectivity index (χ4v) is 2.53. The molecule has 0 aliphatic carbocycles. The van der Waals surface area contributed by atoms with E-state index in [1.165, 1.54) is 0 Å². The van der Waals surface area contributed by atoms with Gasteiger partial charge in [-0.1, -0.05) is 43.7 Å². The Morgan fingerprint density at radius 3 is 2.50 bits per heavy atom. The SMILES string of the molecule is CCCCOc1c(Br)cccc1-c1ccccc1OC. The predicted molar refractivity (Wildman–Crippen MR) is 86.5 cm³/mol. The van der Waals surface area contributed by atoms with Crippen LogP contribution >= 0.6 is 15.9 Å². The van der Waals surface area contributed by atoms with Crippen molar-refractivity contribution < 1.29 is 9.47 Å². The first kappa shape index (κ1) is 14.9. The number of hydrogen-bond acceptors (Lipinski definition) is 2. The topological polar surface area (TPSA) is 18.5 Å². The molecular formula is C17H19BrO2. The summed E-state index contributed by atoms with van der Waals surface area (Å²) in [5, 5.41) is 0. The van der Waals surface area contributed by atoms with Crippen LogP contribution in [-0.2, 0) is 0 Å². The molecule has 0 unspecified atom stereocenters. The predicted octanol–water partition coefficient (Wildman–Crippen LogP) is 5.30. The summed E-state index contributed by atoms with van der Waals surface area (Å²) >= 11 is 3.58. The molecule has 0 saturated heterocycles. The summed E-state index contributed by atoms with van der Waals surface area (Å²) in [6, 6.07) is 14.1. The quantitative estimate of drug-likeness (QED) is 0.667. The summed E-state index contributed by atoms with van der Waals surface area (Å²) in [7, 11) is 1.69. The van der Waals surface area contributed by atoms with Gasteiger partial charge in [0.05, 0.1) is 18.2 Å². The van der Waals surface area contributed by atoms with E-state index in [2.05, 4.69) is 28.9 Å². The maximum atomic E-state index is 5.96. The zero-order valence-corrected chi connectivity index (χ0v) is 13.4. The van der Waals surface area contributed by atoms with Gasteiger partial charge >= 0.3 is 0 Å². The summed E-state index contributed by atoms with van der Waals surface area (Å²) in [5.74, 6) is 1.73. The van der Waals surface area contributed by atoms with Gasteiger partial charge in [-0.05, 0) is 34.5 Å². The Labute approximate surface area is 128 Å². The first-order valence-electron chi connectivity index (χ1n) is 6.82. The van der Waals surface area contributed by atoms with E-state index in [4.69, 9.17) is 9.47 Å². The molecule has 2 aromatic rings. The highest BCUT2D eigenvalue weighted by molar-refractivity contribution is 9.10. The lowest BCUT2D eigenvalue weighted by atomic mass is 10.0. The molecule has 20 heavy (non-hydrogen) atoms. The number of ether oxygens (including phenoxy) is 2. The van der Waals surface area contributed by atoms with Crippen LogP contribution in [0.3, 0.4) is 0 Å². The van der Waals surface area contributed by atoms with Crippen LogP contribution in [0.1, 0.15) is 19.8 Å². The van der Waals surface area contributed by atoms with Crippen LogP contribution < -0.4 is 9.47 Å². The molecule has 0 spiro atoms. The van der Waals surface area contributed by atoms with E-state index < -0.39 is 0 Å². The Hall–Kier alpha value is -1.48. The molecule has 2 nitrogen and oxygen atoms in total. The number of para-hydroxylation sites is 2. The molecule has 0 fully saturated rings. The molecule has 0 atom stereocenters. The fourth-order valence-electron chi connectivity index (χ4n) is 2.05. The van der Waals surface area contributed by atoms with Gasteiger partial charge < -0.3 is 9.47 Å². The number of methoxy groups -OCH3 is 1. The van der Waals surface area contributed by atoms with Crippen LogP contribution in [0, 0.1) is 0 Å². The van der Waals surface area contributed by atoms with Gasteiger partial charge in [0.2, 0.25) is 0 Å². The summed E-state index contributed by atoms with van der Waals surface area (Å²) in [5.41, 5.74) is 2.09. The highest BCUT2D eigenvalue weighted by atomic mass is 79.9. The van der Waals surface area contributed by atoms with E-state index in [1.807, 2.05) is 36.4 Å². The molecule has 106 valence electrons. The average Bonchev–Trinajstić information content (AvgIpc) is 2.49. The number of unbranched alkanes of at least 4 members (excludes halogenated alkanes) is 1. The second-order valence-corrected chi connectivity index (χ2v) is 5.37. The average molecular weight is 335 g/mol. The van der Waals surface area contributed by atoms with Gasteiger partial charge in [0.15, 0.2) is 0 Å². The van der Waals surface area contributed by atoms with E-state index >= 15 is 0 Å². The molecule has 0 radical (unpaired) electrons. The molecule has 0 saturated carbocycles. The smallest absolute Gasteiger partial charge is 0.141 e. The minimum Gasteiger partial charge on any atom is -0.496 e. The number of benzene rings is 2. The van der Waals surface area contributed by atoms with Crippen LogP contribution in [0.5, 0.6) is 11.5 Å². The Kier molecular flexibility index (Phi) is 5.48. The molecule has 2 rings (SSSR count). The van der Waals surface area contributed by atoms with Crippen molar-refractivity contribution in [2.45, 2.75) is 19.8 Å². The van der Waals surface area contributed by atoms with Gasteiger partial charge in [0, 0.05) is 11.1 Å². The van der Waals surface area contributed by atoms with Gasteiger partial charge in [-0.2, -0.15) is 0 Å². The summed E-state index contributed by atoms with van der Waals surface area (Å²) < 4.78 is 12.4. The van der Waals surface area contributed by atoms with Crippen LogP contribution in [0.2, 0.25) is 0 Å². The number of halogens is 1. The second-order valence-electron chi connectivity index (χ2n) is 4.52. The van der Waals surface area contributed by atoms with Crippen molar-refractivity contribution in [1.82, 2.24) is 0 Å². The van der Waals surface area contributed by atoms with Crippen LogP contribution in [0.25, 0.3) is 11.1 Å². The standard InChI is InChI=1S/C17H19BrO2/c1-3-4-12-20-17-14(9-7-10-15(17)18)13-8-5-6-11-16(13)19-2/h5-11H,3-4,12H2,1-2H3. The van der Waals surface area contributed by atoms with Crippen molar-refractivity contribution in [2.24, 2.45) is 0 Å². The maximum Gasteiger partial charge on any atom is 0.141 e. The zero-order chi connectivity index (χ0) is 14.4. The van der Waals surface area contributed by atoms with E-state index in [0.717, 1.165) is 46.5 Å².